The molecule has 0 aliphatic carbocycles. The molecule has 1 N–H and O–H groups in total. The van der Waals surface area contributed by atoms with Crippen LogP contribution in [0.5, 0.6) is 0 Å². The Morgan fingerprint density at radius 3 is 2.56 bits per heavy atom. The second kappa shape index (κ2) is 4.33. The molecule has 1 heterocycles. The number of fused-ring (bicyclic) bond motifs is 1. The molecule has 0 saturated heterocycles. The van der Waals surface area contributed by atoms with Crippen LogP contribution in [0.3, 0.4) is 0 Å². The molecule has 0 radical (unpaired) electrons. The highest BCUT2D eigenvalue weighted by atomic mass is 32.2. The number of rotatable bonds is 2. The van der Waals surface area contributed by atoms with Gasteiger partial charge in [0.05, 0.1) is 4.90 Å². The Labute approximate surface area is 107 Å². The van der Waals surface area contributed by atoms with Crippen LogP contribution in [0.25, 0.3) is 10.8 Å². The van der Waals surface area contributed by atoms with Crippen LogP contribution in [-0.4, -0.2) is 18.9 Å². The normalized spacial score (nSPS) is 12.8. The summed E-state index contributed by atoms with van der Waals surface area (Å²) in [5, 5.41) is 1.50. The minimum Gasteiger partial charge on any atom is -0.264 e. The summed E-state index contributed by atoms with van der Waals surface area (Å²) in [4.78, 5) is 4.28. The highest BCUT2D eigenvalue weighted by Gasteiger charge is 2.23. The van der Waals surface area contributed by atoms with Crippen molar-refractivity contribution in [3.63, 3.8) is 0 Å². The number of sulfonamides is 1. The fourth-order valence-electron chi connectivity index (χ4n) is 1.79. The Bertz CT molecular complexity index is 667. The van der Waals surface area contributed by atoms with Gasteiger partial charge >= 0.3 is 0 Å². The van der Waals surface area contributed by atoms with Crippen molar-refractivity contribution in [2.75, 3.05) is 0 Å². The quantitative estimate of drug-likeness (QED) is 0.905. The van der Waals surface area contributed by atoms with E-state index in [0.717, 1.165) is 5.39 Å². The van der Waals surface area contributed by atoms with Gasteiger partial charge in [-0.2, -0.15) is 0 Å². The van der Waals surface area contributed by atoms with Gasteiger partial charge in [-0.1, -0.05) is 12.1 Å². The summed E-state index contributed by atoms with van der Waals surface area (Å²) in [7, 11) is -3.52. The highest BCUT2D eigenvalue weighted by Crippen LogP contribution is 2.22. The molecule has 5 heteroatoms. The Kier molecular flexibility index (Phi) is 3.12. The molecule has 0 amide bonds. The van der Waals surface area contributed by atoms with Gasteiger partial charge in [0.15, 0.2) is 0 Å². The molecule has 0 aliphatic heterocycles. The van der Waals surface area contributed by atoms with Crippen molar-refractivity contribution in [1.29, 1.82) is 0 Å². The first-order chi connectivity index (χ1) is 8.30. The van der Waals surface area contributed by atoms with E-state index >= 15 is 0 Å². The van der Waals surface area contributed by atoms with Gasteiger partial charge in [0.1, 0.15) is 0 Å². The predicted molar refractivity (Wildman–Crippen MR) is 71.8 cm³/mol. The average molecular weight is 264 g/mol. The zero-order valence-corrected chi connectivity index (χ0v) is 11.5. The van der Waals surface area contributed by atoms with Crippen LogP contribution < -0.4 is 4.72 Å². The number of hydrogen-bond acceptors (Lipinski definition) is 3. The van der Waals surface area contributed by atoms with Crippen LogP contribution in [0.2, 0.25) is 0 Å². The molecule has 0 aliphatic rings. The lowest BCUT2D eigenvalue weighted by Crippen LogP contribution is -2.40. The minimum absolute atomic E-state index is 0.289. The van der Waals surface area contributed by atoms with Crippen LogP contribution in [0.1, 0.15) is 20.8 Å². The molecule has 0 atom stereocenters. The fourth-order valence-corrected chi connectivity index (χ4v) is 3.43. The van der Waals surface area contributed by atoms with Gasteiger partial charge in [0.25, 0.3) is 0 Å². The van der Waals surface area contributed by atoms with E-state index in [-0.39, 0.29) is 4.90 Å². The maximum atomic E-state index is 12.3. The number of hydrogen-bond donors (Lipinski definition) is 1. The number of nitrogens with zero attached hydrogens (tertiary/aromatic N) is 1. The number of aromatic nitrogens is 1. The lowest BCUT2D eigenvalue weighted by Gasteiger charge is -2.21. The van der Waals surface area contributed by atoms with Crippen molar-refractivity contribution in [2.24, 2.45) is 0 Å². The maximum Gasteiger partial charge on any atom is 0.241 e. The Balaban J connectivity index is 2.61. The summed E-state index contributed by atoms with van der Waals surface area (Å²) in [5.74, 6) is 0. The van der Waals surface area contributed by atoms with Gasteiger partial charge in [-0.25, -0.2) is 13.1 Å². The molecule has 1 aromatic heterocycles. The lowest BCUT2D eigenvalue weighted by molar-refractivity contribution is 0.492. The highest BCUT2D eigenvalue weighted by molar-refractivity contribution is 7.89. The van der Waals surface area contributed by atoms with Crippen LogP contribution in [0.4, 0.5) is 0 Å². The molecule has 0 bridgehead atoms. The second-order valence-corrected chi connectivity index (χ2v) is 6.86. The third-order valence-electron chi connectivity index (χ3n) is 2.37. The zero-order valence-electron chi connectivity index (χ0n) is 10.6. The van der Waals surface area contributed by atoms with E-state index in [1.54, 1.807) is 30.6 Å². The molecular weight excluding hydrogens is 248 g/mol. The predicted octanol–water partition coefficient (Wildman–Crippen LogP) is 2.31. The van der Waals surface area contributed by atoms with Crippen LogP contribution in [-0.2, 0) is 10.0 Å². The summed E-state index contributed by atoms with van der Waals surface area (Å²) in [6, 6.07) is 6.89. The van der Waals surface area contributed by atoms with Crippen LogP contribution in [0, 0.1) is 0 Å². The molecule has 0 fully saturated rings. The molecule has 4 nitrogen and oxygen atoms in total. The van der Waals surface area contributed by atoms with E-state index in [1.807, 2.05) is 26.8 Å². The molecule has 1 aromatic carbocycles. The second-order valence-electron chi connectivity index (χ2n) is 5.21. The van der Waals surface area contributed by atoms with Gasteiger partial charge in [0.2, 0.25) is 10.0 Å². The molecule has 2 aromatic rings. The van der Waals surface area contributed by atoms with Crippen molar-refractivity contribution in [2.45, 2.75) is 31.2 Å². The summed E-state index contributed by atoms with van der Waals surface area (Å²) in [6.07, 6.45) is 3.25. The lowest BCUT2D eigenvalue weighted by atomic mass is 10.1. The molecule has 2 rings (SSSR count). The van der Waals surface area contributed by atoms with Gasteiger partial charge in [-0.3, -0.25) is 4.98 Å². The summed E-state index contributed by atoms with van der Waals surface area (Å²) in [6.45, 7) is 5.45. The SMILES string of the molecule is CC(C)(C)NS(=O)(=O)c1cccc2cnccc12. The first kappa shape index (κ1) is 13.0. The standard InChI is InChI=1S/C13H16N2O2S/c1-13(2,3)15-18(16,17)12-6-4-5-10-9-14-8-7-11(10)12/h4-9,15H,1-3H3. The molecule has 0 unspecified atom stereocenters. The molecule has 0 saturated carbocycles. The van der Waals surface area contributed by atoms with E-state index in [1.165, 1.54) is 0 Å². The Morgan fingerprint density at radius 2 is 1.89 bits per heavy atom. The van der Waals surface area contributed by atoms with Gasteiger partial charge < -0.3 is 0 Å². The van der Waals surface area contributed by atoms with Crippen LogP contribution >= 0.6 is 0 Å². The monoisotopic (exact) mass is 264 g/mol. The van der Waals surface area contributed by atoms with E-state index in [0.29, 0.717) is 5.39 Å². The smallest absolute Gasteiger partial charge is 0.241 e. The number of benzene rings is 1. The van der Waals surface area contributed by atoms with Crippen molar-refractivity contribution in [3.05, 3.63) is 36.7 Å². The van der Waals surface area contributed by atoms with Crippen molar-refractivity contribution >= 4 is 20.8 Å². The van der Waals surface area contributed by atoms with Crippen molar-refractivity contribution in [1.82, 2.24) is 9.71 Å². The molecule has 18 heavy (non-hydrogen) atoms. The molecular formula is C13H16N2O2S. The largest absolute Gasteiger partial charge is 0.264 e. The summed E-state index contributed by atoms with van der Waals surface area (Å²) < 4.78 is 27.3. The van der Waals surface area contributed by atoms with Gasteiger partial charge in [0, 0.05) is 28.7 Å². The Morgan fingerprint density at radius 1 is 1.17 bits per heavy atom. The number of pyridine rings is 1. The topological polar surface area (TPSA) is 59.1 Å². The zero-order chi connectivity index (χ0) is 13.4. The first-order valence-corrected chi connectivity index (χ1v) is 7.15. The maximum absolute atomic E-state index is 12.3. The van der Waals surface area contributed by atoms with Crippen molar-refractivity contribution < 1.29 is 8.42 Å². The Hall–Kier alpha value is -1.46. The molecule has 96 valence electrons. The van der Waals surface area contributed by atoms with Crippen molar-refractivity contribution in [3.8, 4) is 0 Å². The van der Waals surface area contributed by atoms with Gasteiger partial charge in [-0.05, 0) is 32.9 Å². The number of nitrogens with one attached hydrogen (secondary N) is 1. The fraction of sp³-hybridized carbons (Fsp3) is 0.308. The summed E-state index contributed by atoms with van der Waals surface area (Å²) >= 11 is 0. The van der Waals surface area contributed by atoms with Crippen LogP contribution in [0.15, 0.2) is 41.6 Å². The minimum atomic E-state index is -3.52. The summed E-state index contributed by atoms with van der Waals surface area (Å²) in [5.41, 5.74) is -0.506. The third-order valence-corrected chi connectivity index (χ3v) is 4.19. The van der Waals surface area contributed by atoms with E-state index in [4.69, 9.17) is 0 Å². The molecule has 0 spiro atoms. The van der Waals surface area contributed by atoms with E-state index in [2.05, 4.69) is 9.71 Å². The third kappa shape index (κ3) is 2.68. The van der Waals surface area contributed by atoms with E-state index < -0.39 is 15.6 Å². The average Bonchev–Trinajstić information content (AvgIpc) is 2.25. The first-order valence-electron chi connectivity index (χ1n) is 5.66. The van der Waals surface area contributed by atoms with Gasteiger partial charge in [-0.15, -0.1) is 0 Å². The van der Waals surface area contributed by atoms with E-state index in [9.17, 15) is 8.42 Å².